The fourth-order valence-electron chi connectivity index (χ4n) is 10.7. The van der Waals surface area contributed by atoms with E-state index in [0.29, 0.717) is 26.2 Å². The highest BCUT2D eigenvalue weighted by Crippen LogP contribution is 2.31. The average Bonchev–Trinajstić information content (AvgIpc) is 3.73. The van der Waals surface area contributed by atoms with E-state index in [1.807, 2.05) is 34.7 Å². The summed E-state index contributed by atoms with van der Waals surface area (Å²) in [6, 6.07) is -0.425. The summed E-state index contributed by atoms with van der Waals surface area (Å²) < 4.78 is 24.0. The van der Waals surface area contributed by atoms with Crippen LogP contribution < -0.4 is 0 Å². The van der Waals surface area contributed by atoms with Crippen molar-refractivity contribution in [3.8, 4) is 0 Å². The third-order valence-corrected chi connectivity index (χ3v) is 15.8. The summed E-state index contributed by atoms with van der Waals surface area (Å²) in [6.45, 7) is 20.7. The molecule has 2 atom stereocenters. The lowest BCUT2D eigenvalue weighted by atomic mass is 9.86. The Morgan fingerprint density at radius 1 is 0.493 bits per heavy atom. The average molecular weight is 1000 g/mol. The van der Waals surface area contributed by atoms with Crippen LogP contribution in [0, 0.1) is 22.7 Å². The standard InChI is InChI=1S/C61H114N2O8/c1-10-14-18-20-22-30-40-53(41-31-23-21-19-15-11-2)71-59(67)61(7,8)43-33-25-27-35-45-68-57(65)55-47-54(70-56(64)52-48-62(9)49-52)50-63(55)44-34-26-24-32-42-60(5,6)58(66)69-46-36-39-51(37-28-16-12-3)38-29-17-13-4/h51-55H,10-50H2,1-9H3/t54-,55-/m0/s1. The van der Waals surface area contributed by atoms with Gasteiger partial charge in [-0.25, -0.2) is 0 Å². The molecule has 0 bridgehead atoms. The van der Waals surface area contributed by atoms with E-state index in [0.717, 1.165) is 128 Å². The van der Waals surface area contributed by atoms with Gasteiger partial charge in [0.25, 0.3) is 0 Å². The number of ether oxygens (including phenoxy) is 4. The summed E-state index contributed by atoms with van der Waals surface area (Å²) in [5.74, 6) is 0.136. The summed E-state index contributed by atoms with van der Waals surface area (Å²) in [5, 5.41) is 0. The molecule has 2 rings (SSSR count). The molecule has 2 aliphatic rings. The van der Waals surface area contributed by atoms with E-state index in [1.165, 1.54) is 116 Å². The Labute approximate surface area is 437 Å². The number of rotatable bonds is 46. The molecule has 0 saturated carbocycles. The van der Waals surface area contributed by atoms with E-state index in [-0.39, 0.29) is 42.0 Å². The molecule has 0 spiro atoms. The van der Waals surface area contributed by atoms with Gasteiger partial charge in [0.2, 0.25) is 0 Å². The van der Waals surface area contributed by atoms with Crippen LogP contribution in [0.25, 0.3) is 0 Å². The van der Waals surface area contributed by atoms with Crippen molar-refractivity contribution in [1.82, 2.24) is 9.80 Å². The molecule has 2 fully saturated rings. The summed E-state index contributed by atoms with van der Waals surface area (Å²) in [5.41, 5.74) is -1.03. The molecule has 10 heteroatoms. The highest BCUT2D eigenvalue weighted by Gasteiger charge is 2.41. The minimum absolute atomic E-state index is 0.0240. The van der Waals surface area contributed by atoms with Gasteiger partial charge in [-0.15, -0.1) is 0 Å². The van der Waals surface area contributed by atoms with Crippen molar-refractivity contribution in [3.05, 3.63) is 0 Å². The Hall–Kier alpha value is -2.20. The zero-order valence-electron chi connectivity index (χ0n) is 48.0. The SMILES string of the molecule is CCCCCCCCC(CCCCCCCC)OC(=O)C(C)(C)CCCCCCOC(=O)[C@@H]1C[C@H](OC(=O)C2CN(C)C2)CN1CCCCCCC(C)(C)C(=O)OCCCC(CCCCC)CCCCC. The van der Waals surface area contributed by atoms with Crippen LogP contribution in [0.3, 0.4) is 0 Å². The molecule has 0 aromatic rings. The van der Waals surface area contributed by atoms with Gasteiger partial charge in [-0.05, 0) is 111 Å². The molecule has 2 aliphatic heterocycles. The Balaban J connectivity index is 1.77. The lowest BCUT2D eigenvalue weighted by Gasteiger charge is -2.34. The van der Waals surface area contributed by atoms with Crippen LogP contribution in [0.4, 0.5) is 0 Å². The fraction of sp³-hybridized carbons (Fsp3) is 0.934. The first kappa shape index (κ1) is 64.9. The van der Waals surface area contributed by atoms with Crippen molar-refractivity contribution in [3.63, 3.8) is 0 Å². The quantitative estimate of drug-likeness (QED) is 0.0332. The van der Waals surface area contributed by atoms with E-state index in [1.54, 1.807) is 0 Å². The van der Waals surface area contributed by atoms with Crippen molar-refractivity contribution in [2.75, 3.05) is 46.4 Å². The Bertz CT molecular complexity index is 1350. The summed E-state index contributed by atoms with van der Waals surface area (Å²) in [4.78, 5) is 57.4. The van der Waals surface area contributed by atoms with Crippen LogP contribution in [0.2, 0.25) is 0 Å². The molecule has 0 aromatic carbocycles. The minimum atomic E-state index is -0.525. The molecule has 0 aliphatic carbocycles. The number of nitrogens with zero attached hydrogens (tertiary/aromatic N) is 2. The monoisotopic (exact) mass is 1000 g/mol. The van der Waals surface area contributed by atoms with E-state index in [4.69, 9.17) is 18.9 Å². The molecule has 2 saturated heterocycles. The van der Waals surface area contributed by atoms with Crippen molar-refractivity contribution in [2.45, 2.75) is 298 Å². The van der Waals surface area contributed by atoms with Gasteiger partial charge in [0.15, 0.2) is 0 Å². The second kappa shape index (κ2) is 39.2. The van der Waals surface area contributed by atoms with E-state index < -0.39 is 16.9 Å². The van der Waals surface area contributed by atoms with Gasteiger partial charge in [-0.1, -0.05) is 182 Å². The van der Waals surface area contributed by atoms with Gasteiger partial charge in [-0.3, -0.25) is 24.1 Å². The maximum absolute atomic E-state index is 13.6. The van der Waals surface area contributed by atoms with Crippen molar-refractivity contribution in [2.24, 2.45) is 22.7 Å². The molecule has 0 aromatic heterocycles. The van der Waals surface area contributed by atoms with E-state index >= 15 is 0 Å². The van der Waals surface area contributed by atoms with Crippen LogP contribution in [0.5, 0.6) is 0 Å². The predicted molar refractivity (Wildman–Crippen MR) is 293 cm³/mol. The van der Waals surface area contributed by atoms with Gasteiger partial charge in [-0.2, -0.15) is 0 Å². The fourth-order valence-corrected chi connectivity index (χ4v) is 10.7. The highest BCUT2D eigenvalue weighted by atomic mass is 16.6. The molecule has 0 unspecified atom stereocenters. The summed E-state index contributed by atoms with van der Waals surface area (Å²) in [6.07, 6.45) is 38.5. The molecule has 0 amide bonds. The smallest absolute Gasteiger partial charge is 0.323 e. The largest absolute Gasteiger partial charge is 0.465 e. The normalized spacial score (nSPS) is 17.0. The van der Waals surface area contributed by atoms with Crippen molar-refractivity contribution in [1.29, 1.82) is 0 Å². The molecule has 0 N–H and O–H groups in total. The second-order valence-corrected chi connectivity index (χ2v) is 23.8. The number of likely N-dealkylation sites (tertiary alicyclic amines) is 2. The number of hydrogen-bond acceptors (Lipinski definition) is 10. The Kier molecular flexibility index (Phi) is 35.9. The molecular formula is C61H114N2O8. The molecule has 416 valence electrons. The van der Waals surface area contributed by atoms with Gasteiger partial charge in [0, 0.05) is 26.1 Å². The zero-order valence-corrected chi connectivity index (χ0v) is 48.0. The molecule has 0 radical (unpaired) electrons. The van der Waals surface area contributed by atoms with Crippen LogP contribution in [-0.2, 0) is 38.1 Å². The maximum Gasteiger partial charge on any atom is 0.323 e. The molecule has 10 nitrogen and oxygen atoms in total. The second-order valence-electron chi connectivity index (χ2n) is 23.8. The minimum Gasteiger partial charge on any atom is -0.465 e. The van der Waals surface area contributed by atoms with Gasteiger partial charge >= 0.3 is 23.9 Å². The number of unbranched alkanes of at least 4 members (excludes halogenated alkanes) is 20. The highest BCUT2D eigenvalue weighted by molar-refractivity contribution is 5.77. The zero-order chi connectivity index (χ0) is 52.2. The third kappa shape index (κ3) is 29.5. The van der Waals surface area contributed by atoms with Gasteiger partial charge in [0.05, 0.1) is 30.0 Å². The number of carbonyl (C=O) groups excluding carboxylic acids is 4. The van der Waals surface area contributed by atoms with E-state index in [9.17, 15) is 19.2 Å². The topological polar surface area (TPSA) is 112 Å². The number of carbonyl (C=O) groups is 4. The molecule has 71 heavy (non-hydrogen) atoms. The lowest BCUT2D eigenvalue weighted by Crippen LogP contribution is -2.49. The van der Waals surface area contributed by atoms with Crippen LogP contribution in [0.15, 0.2) is 0 Å². The van der Waals surface area contributed by atoms with Crippen molar-refractivity contribution < 1.29 is 38.1 Å². The molecule has 2 heterocycles. The number of esters is 4. The summed E-state index contributed by atoms with van der Waals surface area (Å²) in [7, 11) is 2.00. The van der Waals surface area contributed by atoms with Crippen LogP contribution in [-0.4, -0.2) is 98.4 Å². The van der Waals surface area contributed by atoms with E-state index in [2.05, 4.69) is 37.5 Å². The Morgan fingerprint density at radius 3 is 1.51 bits per heavy atom. The lowest BCUT2D eigenvalue weighted by molar-refractivity contribution is -0.161. The number of hydrogen-bond donors (Lipinski definition) is 0. The first-order valence-corrected chi connectivity index (χ1v) is 30.3. The third-order valence-electron chi connectivity index (χ3n) is 15.8. The molecular weight excluding hydrogens is 889 g/mol. The van der Waals surface area contributed by atoms with Crippen molar-refractivity contribution >= 4 is 23.9 Å². The first-order valence-electron chi connectivity index (χ1n) is 30.3. The van der Waals surface area contributed by atoms with Crippen LogP contribution >= 0.6 is 0 Å². The summed E-state index contributed by atoms with van der Waals surface area (Å²) >= 11 is 0. The first-order chi connectivity index (χ1) is 34.2. The van der Waals surface area contributed by atoms with Crippen LogP contribution in [0.1, 0.15) is 280 Å². The van der Waals surface area contributed by atoms with Gasteiger partial charge in [0.1, 0.15) is 18.2 Å². The maximum atomic E-state index is 13.6. The Morgan fingerprint density at radius 2 is 0.944 bits per heavy atom. The predicted octanol–water partition coefficient (Wildman–Crippen LogP) is 15.5. The van der Waals surface area contributed by atoms with Gasteiger partial charge < -0.3 is 23.8 Å².